The molecule has 0 amide bonds. The van der Waals surface area contributed by atoms with E-state index in [1.165, 1.54) is 6.54 Å². The Morgan fingerprint density at radius 2 is 1.58 bits per heavy atom. The van der Waals surface area contributed by atoms with Crippen molar-refractivity contribution < 1.29 is 4.74 Å². The van der Waals surface area contributed by atoms with Gasteiger partial charge in [0, 0.05) is 65.4 Å². The molecule has 0 bridgehead atoms. The zero-order valence-corrected chi connectivity index (χ0v) is 19.6. The molecule has 154 valence electrons. The first-order chi connectivity index (χ1) is 12.1. The summed E-state index contributed by atoms with van der Waals surface area (Å²) in [4.78, 5) is 12.5. The lowest BCUT2D eigenvalue weighted by Gasteiger charge is -2.37. The predicted molar refractivity (Wildman–Crippen MR) is 121 cm³/mol. The van der Waals surface area contributed by atoms with Crippen LogP contribution in [0.1, 0.15) is 27.7 Å². The molecule has 0 spiro atoms. The van der Waals surface area contributed by atoms with Gasteiger partial charge in [0.15, 0.2) is 5.96 Å². The minimum absolute atomic E-state index is 0. The lowest BCUT2D eigenvalue weighted by Crippen LogP contribution is -2.53. The van der Waals surface area contributed by atoms with E-state index < -0.39 is 0 Å². The van der Waals surface area contributed by atoms with E-state index in [1.807, 2.05) is 0 Å². The Morgan fingerprint density at radius 3 is 2.15 bits per heavy atom. The summed E-state index contributed by atoms with van der Waals surface area (Å²) in [5.74, 6) is 2.42. The molecule has 0 aliphatic carbocycles. The monoisotopic (exact) mass is 481 g/mol. The standard InChI is InChI=1S/C19H39N5O.HI/c1-5-20-19(24-8-6-22(7-9-24)15-17(2)3)21-14-18(4)16-23-10-12-25-13-11-23;/h17-18H,5-16H2,1-4H3,(H,20,21);1H. The van der Waals surface area contributed by atoms with Gasteiger partial charge >= 0.3 is 0 Å². The van der Waals surface area contributed by atoms with Gasteiger partial charge < -0.3 is 15.0 Å². The van der Waals surface area contributed by atoms with Gasteiger partial charge in [0.2, 0.25) is 0 Å². The summed E-state index contributed by atoms with van der Waals surface area (Å²) in [6, 6.07) is 0. The van der Waals surface area contributed by atoms with Crippen molar-refractivity contribution in [2.75, 3.05) is 78.7 Å². The van der Waals surface area contributed by atoms with Crippen LogP contribution in [0.25, 0.3) is 0 Å². The second kappa shape index (κ2) is 13.1. The minimum atomic E-state index is 0. The van der Waals surface area contributed by atoms with Crippen molar-refractivity contribution in [1.29, 1.82) is 0 Å². The highest BCUT2D eigenvalue weighted by atomic mass is 127. The van der Waals surface area contributed by atoms with Crippen molar-refractivity contribution >= 4 is 29.9 Å². The molecule has 0 aromatic carbocycles. The summed E-state index contributed by atoms with van der Waals surface area (Å²) in [6.07, 6.45) is 0. The van der Waals surface area contributed by atoms with Crippen LogP contribution in [0.3, 0.4) is 0 Å². The van der Waals surface area contributed by atoms with Crippen LogP contribution in [0, 0.1) is 11.8 Å². The number of ether oxygens (including phenoxy) is 1. The maximum absolute atomic E-state index is 5.43. The molecule has 1 N–H and O–H groups in total. The van der Waals surface area contributed by atoms with Crippen LogP contribution in [-0.2, 0) is 4.74 Å². The van der Waals surface area contributed by atoms with E-state index in [-0.39, 0.29) is 24.0 Å². The zero-order valence-electron chi connectivity index (χ0n) is 17.2. The molecule has 1 atom stereocenters. The van der Waals surface area contributed by atoms with Crippen LogP contribution >= 0.6 is 24.0 Å². The van der Waals surface area contributed by atoms with E-state index in [0.717, 1.165) is 84.0 Å². The SMILES string of the molecule is CCNC(=NCC(C)CN1CCOCC1)N1CCN(CC(C)C)CC1.I. The van der Waals surface area contributed by atoms with Crippen molar-refractivity contribution in [3.63, 3.8) is 0 Å². The Labute approximate surface area is 177 Å². The number of hydrogen-bond acceptors (Lipinski definition) is 4. The average Bonchev–Trinajstić information content (AvgIpc) is 2.60. The van der Waals surface area contributed by atoms with Gasteiger partial charge in [-0.3, -0.25) is 14.8 Å². The molecule has 26 heavy (non-hydrogen) atoms. The largest absolute Gasteiger partial charge is 0.379 e. The number of hydrogen-bond donors (Lipinski definition) is 1. The topological polar surface area (TPSA) is 43.3 Å². The summed E-state index contributed by atoms with van der Waals surface area (Å²) in [6.45, 7) is 21.5. The lowest BCUT2D eigenvalue weighted by atomic mass is 10.1. The van der Waals surface area contributed by atoms with Crippen LogP contribution in [0.15, 0.2) is 4.99 Å². The van der Waals surface area contributed by atoms with Gasteiger partial charge in [0.25, 0.3) is 0 Å². The minimum Gasteiger partial charge on any atom is -0.379 e. The fraction of sp³-hybridized carbons (Fsp3) is 0.947. The maximum atomic E-state index is 5.43. The van der Waals surface area contributed by atoms with E-state index in [0.29, 0.717) is 5.92 Å². The molecule has 7 heteroatoms. The first-order valence-corrected chi connectivity index (χ1v) is 10.1. The molecule has 2 saturated heterocycles. The molecule has 1 unspecified atom stereocenters. The smallest absolute Gasteiger partial charge is 0.194 e. The molecule has 2 heterocycles. The molecule has 2 aliphatic rings. The number of piperazine rings is 1. The third kappa shape index (κ3) is 8.71. The summed E-state index contributed by atoms with van der Waals surface area (Å²) < 4.78 is 5.43. The zero-order chi connectivity index (χ0) is 18.1. The fourth-order valence-electron chi connectivity index (χ4n) is 3.61. The number of nitrogens with zero attached hydrogens (tertiary/aromatic N) is 4. The third-order valence-corrected chi connectivity index (χ3v) is 4.86. The van der Waals surface area contributed by atoms with Gasteiger partial charge in [-0.1, -0.05) is 20.8 Å². The molecular weight excluding hydrogens is 441 g/mol. The normalized spacial score (nSPS) is 21.6. The molecule has 0 saturated carbocycles. The van der Waals surface area contributed by atoms with E-state index in [9.17, 15) is 0 Å². The van der Waals surface area contributed by atoms with Crippen LogP contribution in [0.2, 0.25) is 0 Å². The van der Waals surface area contributed by atoms with Crippen molar-refractivity contribution in [2.45, 2.75) is 27.7 Å². The summed E-state index contributed by atoms with van der Waals surface area (Å²) in [7, 11) is 0. The molecular formula is C19H40IN5O. The van der Waals surface area contributed by atoms with Crippen molar-refractivity contribution in [3.05, 3.63) is 0 Å². The number of guanidine groups is 1. The van der Waals surface area contributed by atoms with Crippen molar-refractivity contribution in [3.8, 4) is 0 Å². The van der Waals surface area contributed by atoms with E-state index in [4.69, 9.17) is 9.73 Å². The first kappa shape index (κ1) is 23.9. The maximum Gasteiger partial charge on any atom is 0.194 e. The molecule has 0 aromatic heterocycles. The van der Waals surface area contributed by atoms with Gasteiger partial charge in [-0.15, -0.1) is 24.0 Å². The summed E-state index contributed by atoms with van der Waals surface area (Å²) in [5.41, 5.74) is 0. The van der Waals surface area contributed by atoms with Crippen LogP contribution in [0.5, 0.6) is 0 Å². The van der Waals surface area contributed by atoms with E-state index in [2.05, 4.69) is 47.7 Å². The first-order valence-electron chi connectivity index (χ1n) is 10.1. The van der Waals surface area contributed by atoms with Crippen LogP contribution < -0.4 is 5.32 Å². The molecule has 2 aliphatic heterocycles. The molecule has 0 radical (unpaired) electrons. The second-order valence-electron chi connectivity index (χ2n) is 7.89. The molecule has 6 nitrogen and oxygen atoms in total. The Bertz CT molecular complexity index is 393. The van der Waals surface area contributed by atoms with Crippen molar-refractivity contribution in [1.82, 2.24) is 20.0 Å². The van der Waals surface area contributed by atoms with Crippen LogP contribution in [0.4, 0.5) is 0 Å². The highest BCUT2D eigenvalue weighted by Crippen LogP contribution is 2.07. The van der Waals surface area contributed by atoms with E-state index >= 15 is 0 Å². The van der Waals surface area contributed by atoms with Gasteiger partial charge in [-0.2, -0.15) is 0 Å². The molecule has 2 fully saturated rings. The number of morpholine rings is 1. The Hall–Kier alpha value is -0.120. The van der Waals surface area contributed by atoms with Gasteiger partial charge in [-0.25, -0.2) is 0 Å². The highest BCUT2D eigenvalue weighted by molar-refractivity contribution is 14.0. The van der Waals surface area contributed by atoms with Gasteiger partial charge in [0.1, 0.15) is 0 Å². The van der Waals surface area contributed by atoms with Crippen molar-refractivity contribution in [2.24, 2.45) is 16.8 Å². The summed E-state index contributed by atoms with van der Waals surface area (Å²) >= 11 is 0. The summed E-state index contributed by atoms with van der Waals surface area (Å²) in [5, 5.41) is 3.49. The average molecular weight is 481 g/mol. The number of rotatable bonds is 7. The fourth-order valence-corrected chi connectivity index (χ4v) is 3.61. The third-order valence-electron chi connectivity index (χ3n) is 4.86. The number of aliphatic imine (C=N–C) groups is 1. The number of nitrogens with one attached hydrogen (secondary N) is 1. The predicted octanol–water partition coefficient (Wildman–Crippen LogP) is 1.81. The lowest BCUT2D eigenvalue weighted by molar-refractivity contribution is 0.0323. The van der Waals surface area contributed by atoms with Crippen LogP contribution in [-0.4, -0.2) is 99.3 Å². The Morgan fingerprint density at radius 1 is 0.962 bits per heavy atom. The molecule has 2 rings (SSSR count). The quantitative estimate of drug-likeness (QED) is 0.342. The van der Waals surface area contributed by atoms with E-state index in [1.54, 1.807) is 0 Å². The second-order valence-corrected chi connectivity index (χ2v) is 7.89. The highest BCUT2D eigenvalue weighted by Gasteiger charge is 2.20. The Kier molecular flexibility index (Phi) is 12.1. The van der Waals surface area contributed by atoms with Gasteiger partial charge in [0.05, 0.1) is 13.2 Å². The number of halogens is 1. The Balaban J connectivity index is 0.00000338. The van der Waals surface area contributed by atoms with Gasteiger partial charge in [-0.05, 0) is 18.8 Å². The molecule has 0 aromatic rings.